The van der Waals surface area contributed by atoms with E-state index in [0.717, 1.165) is 6.42 Å². The van der Waals surface area contributed by atoms with Gasteiger partial charge in [-0.15, -0.1) is 0 Å². The summed E-state index contributed by atoms with van der Waals surface area (Å²) in [5.74, 6) is 1.02. The number of benzene rings is 5. The molecule has 0 saturated carbocycles. The molecule has 0 aromatic heterocycles. The van der Waals surface area contributed by atoms with E-state index < -0.39 is 0 Å². The molecular weight excluding hydrogens is 641 g/mol. The second-order valence-corrected chi connectivity index (χ2v) is 16.8. The predicted molar refractivity (Wildman–Crippen MR) is 230 cm³/mol. The number of hydrogen-bond acceptors (Lipinski definition) is 2. The lowest BCUT2D eigenvalue weighted by atomic mass is 9.60. The Bertz CT molecular complexity index is 2320. The molecule has 0 bridgehead atoms. The van der Waals surface area contributed by atoms with Crippen molar-refractivity contribution >= 4 is 45.3 Å². The maximum atomic E-state index is 2.64. The van der Waals surface area contributed by atoms with Gasteiger partial charge in [0.15, 0.2) is 0 Å². The summed E-state index contributed by atoms with van der Waals surface area (Å²) in [6.07, 6.45) is 13.5. The molecule has 3 aliphatic rings. The Morgan fingerprint density at radius 2 is 1.40 bits per heavy atom. The van der Waals surface area contributed by atoms with Gasteiger partial charge in [-0.1, -0.05) is 131 Å². The van der Waals surface area contributed by atoms with Crippen molar-refractivity contribution in [1.82, 2.24) is 0 Å². The van der Waals surface area contributed by atoms with Crippen LogP contribution in [0.5, 0.6) is 0 Å². The highest BCUT2D eigenvalue weighted by Crippen LogP contribution is 2.58. The van der Waals surface area contributed by atoms with E-state index in [-0.39, 0.29) is 17.4 Å². The third kappa shape index (κ3) is 5.97. The maximum absolute atomic E-state index is 2.64. The number of allylic oxidation sites excluding steroid dienone is 4. The molecule has 3 atom stereocenters. The van der Waals surface area contributed by atoms with Crippen LogP contribution < -0.4 is 9.80 Å². The lowest BCUT2D eigenvalue weighted by Crippen LogP contribution is -2.36. The Balaban J connectivity index is 1.46. The standard InChI is InChI=1S/C51H54N2/c1-32(2)45-30-47(52(38-16-12-10-13-17-38)40-26-34(5)24-35(6)27-40)43-22-23-46-50-44(21-20-42(45)49(43)50)48(31-51(46,9)33(3)4)53(39-18-14-11-15-19-39)41-28-36(7)25-37(8)29-41/h10-26,28-33,40,46H,27H2,1-9H3. The van der Waals surface area contributed by atoms with Gasteiger partial charge in [-0.25, -0.2) is 0 Å². The summed E-state index contributed by atoms with van der Waals surface area (Å²) < 4.78 is 0. The van der Waals surface area contributed by atoms with Crippen molar-refractivity contribution in [2.45, 2.75) is 86.6 Å². The number of rotatable bonds is 8. The molecule has 0 saturated heterocycles. The largest absolute Gasteiger partial charge is 0.334 e. The van der Waals surface area contributed by atoms with Gasteiger partial charge in [-0.05, 0) is 121 Å². The van der Waals surface area contributed by atoms with Crippen LogP contribution in [0.3, 0.4) is 0 Å². The maximum Gasteiger partial charge on any atom is 0.0565 e. The van der Waals surface area contributed by atoms with E-state index in [2.05, 4.69) is 200 Å². The van der Waals surface area contributed by atoms with Crippen LogP contribution in [-0.2, 0) is 0 Å². The molecule has 0 radical (unpaired) electrons. The number of nitrogens with zero attached hydrogens (tertiary/aromatic N) is 2. The summed E-state index contributed by atoms with van der Waals surface area (Å²) in [7, 11) is 0. The van der Waals surface area contributed by atoms with Crippen LogP contribution in [0, 0.1) is 25.2 Å². The highest BCUT2D eigenvalue weighted by atomic mass is 15.2. The zero-order valence-corrected chi connectivity index (χ0v) is 33.0. The average molecular weight is 695 g/mol. The average Bonchev–Trinajstić information content (AvgIpc) is 3.12. The van der Waals surface area contributed by atoms with Crippen molar-refractivity contribution in [3.63, 3.8) is 0 Å². The Labute approximate surface area is 317 Å². The fraction of sp³-hybridized carbons (Fsp3) is 0.294. The second-order valence-electron chi connectivity index (χ2n) is 16.8. The zero-order chi connectivity index (χ0) is 37.2. The van der Waals surface area contributed by atoms with E-state index in [9.17, 15) is 0 Å². The van der Waals surface area contributed by atoms with Crippen LogP contribution in [0.2, 0.25) is 0 Å². The molecule has 8 rings (SSSR count). The van der Waals surface area contributed by atoms with E-state index in [0.29, 0.717) is 11.8 Å². The monoisotopic (exact) mass is 694 g/mol. The van der Waals surface area contributed by atoms with Crippen LogP contribution in [0.4, 0.5) is 22.7 Å². The molecule has 5 aromatic carbocycles. The van der Waals surface area contributed by atoms with Crippen molar-refractivity contribution in [1.29, 1.82) is 0 Å². The van der Waals surface area contributed by atoms with Gasteiger partial charge in [0, 0.05) is 45.2 Å². The number of aryl methyl sites for hydroxylation is 2. The molecule has 0 fully saturated rings. The smallest absolute Gasteiger partial charge is 0.0565 e. The Morgan fingerprint density at radius 3 is 2.02 bits per heavy atom. The fourth-order valence-corrected chi connectivity index (χ4v) is 9.49. The number of hydrogen-bond donors (Lipinski definition) is 0. The Hall–Kier alpha value is -5.08. The molecule has 0 aliphatic heterocycles. The Morgan fingerprint density at radius 1 is 0.736 bits per heavy atom. The minimum atomic E-state index is -0.116. The van der Waals surface area contributed by atoms with Crippen molar-refractivity contribution in [3.8, 4) is 0 Å². The molecule has 2 nitrogen and oxygen atoms in total. The van der Waals surface area contributed by atoms with Gasteiger partial charge in [0.25, 0.3) is 0 Å². The number of para-hydroxylation sites is 2. The topological polar surface area (TPSA) is 6.48 Å². The summed E-state index contributed by atoms with van der Waals surface area (Å²) in [6.45, 7) is 21.0. The van der Waals surface area contributed by atoms with Gasteiger partial charge in [0.05, 0.1) is 11.7 Å². The zero-order valence-electron chi connectivity index (χ0n) is 33.0. The molecular formula is C51H54N2. The molecule has 2 heteroatoms. The first-order chi connectivity index (χ1) is 25.4. The summed E-state index contributed by atoms with van der Waals surface area (Å²) in [4.78, 5) is 5.17. The quantitative estimate of drug-likeness (QED) is 0.160. The van der Waals surface area contributed by atoms with Crippen molar-refractivity contribution in [2.75, 3.05) is 9.80 Å². The third-order valence-electron chi connectivity index (χ3n) is 12.2. The van der Waals surface area contributed by atoms with Gasteiger partial charge in [0.2, 0.25) is 0 Å². The van der Waals surface area contributed by atoms with Crippen molar-refractivity contribution in [2.24, 2.45) is 11.3 Å². The van der Waals surface area contributed by atoms with Gasteiger partial charge in [-0.3, -0.25) is 0 Å². The first-order valence-corrected chi connectivity index (χ1v) is 19.6. The van der Waals surface area contributed by atoms with Gasteiger partial charge in [0.1, 0.15) is 0 Å². The molecule has 3 aliphatic carbocycles. The van der Waals surface area contributed by atoms with Gasteiger partial charge >= 0.3 is 0 Å². The van der Waals surface area contributed by atoms with E-state index in [1.54, 1.807) is 0 Å². The van der Waals surface area contributed by atoms with Gasteiger partial charge < -0.3 is 9.80 Å². The molecule has 268 valence electrons. The highest BCUT2D eigenvalue weighted by Gasteiger charge is 2.44. The Kier molecular flexibility index (Phi) is 8.84. The normalized spacial score (nSPS) is 20.4. The first-order valence-electron chi connectivity index (χ1n) is 19.6. The molecule has 0 spiro atoms. The van der Waals surface area contributed by atoms with Crippen LogP contribution in [0.1, 0.15) is 100 Å². The van der Waals surface area contributed by atoms with E-state index >= 15 is 0 Å². The summed E-state index contributed by atoms with van der Waals surface area (Å²) >= 11 is 0. The molecule has 0 amide bonds. The van der Waals surface area contributed by atoms with E-state index in [1.807, 2.05) is 0 Å². The number of anilines is 4. The molecule has 0 heterocycles. The minimum absolute atomic E-state index is 0.116. The van der Waals surface area contributed by atoms with Crippen LogP contribution in [0.25, 0.3) is 22.5 Å². The molecule has 53 heavy (non-hydrogen) atoms. The molecule has 0 N–H and O–H groups in total. The lowest BCUT2D eigenvalue weighted by molar-refractivity contribution is 0.264. The minimum Gasteiger partial charge on any atom is -0.334 e. The SMILES string of the molecule is CC1=CC(N(c2ccccc2)c2cc(C(C)C)c3ccc4c5c3c2C=CC5C(C)(C(C)C)C=C4N(c2ccccc2)c2cc(C)cc(C)c2)CC(C)=C1. The predicted octanol–water partition coefficient (Wildman–Crippen LogP) is 14.3. The summed E-state index contributed by atoms with van der Waals surface area (Å²) in [5.41, 5.74) is 17.0. The van der Waals surface area contributed by atoms with Crippen LogP contribution >= 0.6 is 0 Å². The summed E-state index contributed by atoms with van der Waals surface area (Å²) in [6, 6.07) is 36.7. The van der Waals surface area contributed by atoms with Crippen molar-refractivity contribution in [3.05, 3.63) is 166 Å². The lowest BCUT2D eigenvalue weighted by Gasteiger charge is -2.47. The summed E-state index contributed by atoms with van der Waals surface area (Å²) in [5, 5.41) is 2.81. The van der Waals surface area contributed by atoms with Gasteiger partial charge in [-0.2, -0.15) is 0 Å². The third-order valence-corrected chi connectivity index (χ3v) is 12.2. The fourth-order valence-electron chi connectivity index (χ4n) is 9.49. The van der Waals surface area contributed by atoms with E-state index in [4.69, 9.17) is 0 Å². The highest BCUT2D eigenvalue weighted by molar-refractivity contribution is 6.07. The van der Waals surface area contributed by atoms with Crippen LogP contribution in [-0.4, -0.2) is 6.04 Å². The van der Waals surface area contributed by atoms with Crippen LogP contribution in [0.15, 0.2) is 133 Å². The molecule has 3 unspecified atom stereocenters. The van der Waals surface area contributed by atoms with Crippen molar-refractivity contribution < 1.29 is 0 Å². The second kappa shape index (κ2) is 13.4. The first kappa shape index (κ1) is 35.0. The molecule has 5 aromatic rings. The van der Waals surface area contributed by atoms with E-state index in [1.165, 1.54) is 83.7 Å².